The molecular weight excluding hydrogens is 364 g/mol. The van der Waals surface area contributed by atoms with Gasteiger partial charge in [-0.25, -0.2) is 4.98 Å². The van der Waals surface area contributed by atoms with Crippen molar-refractivity contribution in [2.45, 2.75) is 13.3 Å². The van der Waals surface area contributed by atoms with E-state index in [1.807, 2.05) is 31.2 Å². The number of hydrogen-bond donors (Lipinski definition) is 1. The lowest BCUT2D eigenvalue weighted by atomic mass is 10.2. The number of carbonyl (C=O) groups is 1. The van der Waals surface area contributed by atoms with Crippen molar-refractivity contribution in [3.8, 4) is 27.8 Å². The summed E-state index contributed by atoms with van der Waals surface area (Å²) >= 11 is 1.50. The van der Waals surface area contributed by atoms with E-state index in [-0.39, 0.29) is 19.1 Å². The maximum Gasteiger partial charge on any atom is 0.231 e. The summed E-state index contributed by atoms with van der Waals surface area (Å²) in [5.74, 6) is 1.99. The molecule has 1 aliphatic rings. The molecule has 1 N–H and O–H groups in total. The lowest BCUT2D eigenvalue weighted by Gasteiger charge is -2.06. The van der Waals surface area contributed by atoms with Crippen LogP contribution in [-0.2, 0) is 11.2 Å². The molecule has 1 aliphatic heterocycles. The minimum Gasteiger partial charge on any atom is -0.496 e. The van der Waals surface area contributed by atoms with Gasteiger partial charge in [0.25, 0.3) is 0 Å². The molecule has 2 aromatic carbocycles. The van der Waals surface area contributed by atoms with E-state index < -0.39 is 0 Å². The first-order valence-corrected chi connectivity index (χ1v) is 9.25. The van der Waals surface area contributed by atoms with Crippen molar-refractivity contribution < 1.29 is 19.0 Å². The molecule has 3 aromatic rings. The third-order valence-electron chi connectivity index (χ3n) is 4.21. The summed E-state index contributed by atoms with van der Waals surface area (Å²) in [5, 5.41) is 3.74. The summed E-state index contributed by atoms with van der Waals surface area (Å²) in [6, 6.07) is 13.1. The van der Waals surface area contributed by atoms with Crippen molar-refractivity contribution in [3.63, 3.8) is 0 Å². The van der Waals surface area contributed by atoms with Gasteiger partial charge in [-0.15, -0.1) is 11.3 Å². The number of thiazole rings is 1. The van der Waals surface area contributed by atoms with Crippen molar-refractivity contribution in [1.29, 1.82) is 0 Å². The molecule has 0 spiro atoms. The van der Waals surface area contributed by atoms with Crippen LogP contribution in [0.4, 0.5) is 5.69 Å². The SMILES string of the molecule is COc1ccccc1-c1nc(C)c(CC(=O)Nc2ccc3c(c2)OCO3)s1. The van der Waals surface area contributed by atoms with Crippen molar-refractivity contribution in [2.24, 2.45) is 0 Å². The Kier molecular flexibility index (Phi) is 4.68. The quantitative estimate of drug-likeness (QED) is 0.721. The molecule has 1 amide bonds. The number of amides is 1. The number of rotatable bonds is 5. The molecule has 138 valence electrons. The van der Waals surface area contributed by atoms with Crippen molar-refractivity contribution in [2.75, 3.05) is 19.2 Å². The predicted molar refractivity (Wildman–Crippen MR) is 104 cm³/mol. The fourth-order valence-electron chi connectivity index (χ4n) is 2.85. The van der Waals surface area contributed by atoms with E-state index in [1.165, 1.54) is 11.3 Å². The predicted octanol–water partition coefficient (Wildman–Crippen LogP) is 4.04. The van der Waals surface area contributed by atoms with E-state index in [2.05, 4.69) is 10.3 Å². The highest BCUT2D eigenvalue weighted by molar-refractivity contribution is 7.15. The number of hydrogen-bond acceptors (Lipinski definition) is 6. The Hall–Kier alpha value is -3.06. The number of fused-ring (bicyclic) bond motifs is 1. The number of nitrogens with zero attached hydrogens (tertiary/aromatic N) is 1. The van der Waals surface area contributed by atoms with Crippen LogP contribution in [0.1, 0.15) is 10.6 Å². The zero-order chi connectivity index (χ0) is 18.8. The number of aryl methyl sites for hydroxylation is 1. The second-order valence-electron chi connectivity index (χ2n) is 6.02. The highest BCUT2D eigenvalue weighted by Crippen LogP contribution is 2.35. The molecule has 4 rings (SSSR count). The van der Waals surface area contributed by atoms with Crippen LogP contribution in [0.3, 0.4) is 0 Å². The molecule has 7 heteroatoms. The van der Waals surface area contributed by atoms with Gasteiger partial charge in [-0.1, -0.05) is 12.1 Å². The zero-order valence-electron chi connectivity index (χ0n) is 14.9. The van der Waals surface area contributed by atoms with Crippen LogP contribution >= 0.6 is 11.3 Å². The number of methoxy groups -OCH3 is 1. The molecule has 27 heavy (non-hydrogen) atoms. The monoisotopic (exact) mass is 382 g/mol. The number of aromatic nitrogens is 1. The molecule has 0 saturated carbocycles. The molecule has 0 bridgehead atoms. The zero-order valence-corrected chi connectivity index (χ0v) is 15.8. The minimum absolute atomic E-state index is 0.104. The maximum absolute atomic E-state index is 12.5. The molecule has 0 saturated heterocycles. The first kappa shape index (κ1) is 17.4. The Morgan fingerprint density at radius 1 is 1.22 bits per heavy atom. The Morgan fingerprint density at radius 3 is 2.89 bits per heavy atom. The Morgan fingerprint density at radius 2 is 2.04 bits per heavy atom. The molecular formula is C20H18N2O4S. The van der Waals surface area contributed by atoms with E-state index in [9.17, 15) is 4.79 Å². The van der Waals surface area contributed by atoms with Gasteiger partial charge in [-0.3, -0.25) is 4.79 Å². The topological polar surface area (TPSA) is 69.7 Å². The van der Waals surface area contributed by atoms with E-state index in [0.717, 1.165) is 26.9 Å². The highest BCUT2D eigenvalue weighted by atomic mass is 32.1. The van der Waals surface area contributed by atoms with Crippen LogP contribution in [0.25, 0.3) is 10.6 Å². The van der Waals surface area contributed by atoms with Gasteiger partial charge in [-0.2, -0.15) is 0 Å². The lowest BCUT2D eigenvalue weighted by Crippen LogP contribution is -2.14. The molecule has 0 fully saturated rings. The second-order valence-corrected chi connectivity index (χ2v) is 7.10. The normalized spacial score (nSPS) is 12.1. The van der Waals surface area contributed by atoms with Gasteiger partial charge in [-0.05, 0) is 31.2 Å². The Labute approximate surface area is 160 Å². The van der Waals surface area contributed by atoms with E-state index in [0.29, 0.717) is 17.2 Å². The number of ether oxygens (including phenoxy) is 3. The summed E-state index contributed by atoms with van der Waals surface area (Å²) in [6.07, 6.45) is 0.257. The van der Waals surface area contributed by atoms with Crippen LogP contribution in [0, 0.1) is 6.92 Å². The largest absolute Gasteiger partial charge is 0.496 e. The van der Waals surface area contributed by atoms with Gasteiger partial charge in [0.2, 0.25) is 12.7 Å². The third kappa shape index (κ3) is 3.59. The smallest absolute Gasteiger partial charge is 0.231 e. The molecule has 6 nitrogen and oxygen atoms in total. The van der Waals surface area contributed by atoms with Gasteiger partial charge in [0.05, 0.1) is 24.8 Å². The summed E-state index contributed by atoms with van der Waals surface area (Å²) in [4.78, 5) is 18.0. The van der Waals surface area contributed by atoms with Gasteiger partial charge >= 0.3 is 0 Å². The summed E-state index contributed by atoms with van der Waals surface area (Å²) in [5.41, 5.74) is 2.45. The highest BCUT2D eigenvalue weighted by Gasteiger charge is 2.17. The van der Waals surface area contributed by atoms with Crippen LogP contribution in [0.5, 0.6) is 17.2 Å². The summed E-state index contributed by atoms with van der Waals surface area (Å²) < 4.78 is 16.0. The van der Waals surface area contributed by atoms with Gasteiger partial charge in [0.1, 0.15) is 10.8 Å². The number of para-hydroxylation sites is 1. The third-order valence-corrected chi connectivity index (χ3v) is 5.40. The van der Waals surface area contributed by atoms with Crippen LogP contribution in [-0.4, -0.2) is 24.8 Å². The van der Waals surface area contributed by atoms with Crippen molar-refractivity contribution in [3.05, 3.63) is 53.0 Å². The summed E-state index contributed by atoms with van der Waals surface area (Å²) in [6.45, 7) is 2.12. The Balaban J connectivity index is 1.49. The number of carbonyl (C=O) groups excluding carboxylic acids is 1. The van der Waals surface area contributed by atoms with Crippen LogP contribution in [0.2, 0.25) is 0 Å². The van der Waals surface area contributed by atoms with Crippen molar-refractivity contribution >= 4 is 22.9 Å². The molecule has 0 atom stereocenters. The number of anilines is 1. The van der Waals surface area contributed by atoms with Gasteiger partial charge in [0, 0.05) is 16.6 Å². The molecule has 0 aliphatic carbocycles. The standard InChI is InChI=1S/C20H18N2O4S/c1-12-18(27-20(21-12)14-5-3-4-6-15(14)24-2)10-19(23)22-13-7-8-16-17(9-13)26-11-25-16/h3-9H,10-11H2,1-2H3,(H,22,23). The van der Waals surface area contributed by atoms with E-state index in [4.69, 9.17) is 14.2 Å². The second kappa shape index (κ2) is 7.28. The fraction of sp³-hybridized carbons (Fsp3) is 0.200. The number of nitrogens with one attached hydrogen (secondary N) is 1. The number of benzene rings is 2. The first-order chi connectivity index (χ1) is 13.1. The van der Waals surface area contributed by atoms with E-state index in [1.54, 1.807) is 25.3 Å². The maximum atomic E-state index is 12.5. The first-order valence-electron chi connectivity index (χ1n) is 8.43. The van der Waals surface area contributed by atoms with Crippen LogP contribution in [0.15, 0.2) is 42.5 Å². The minimum atomic E-state index is -0.104. The van der Waals surface area contributed by atoms with Crippen molar-refractivity contribution in [1.82, 2.24) is 4.98 Å². The average Bonchev–Trinajstić information content (AvgIpc) is 3.28. The average molecular weight is 382 g/mol. The molecule has 2 heterocycles. The van der Waals surface area contributed by atoms with Crippen LogP contribution < -0.4 is 19.5 Å². The van der Waals surface area contributed by atoms with E-state index >= 15 is 0 Å². The molecule has 0 radical (unpaired) electrons. The molecule has 0 unspecified atom stereocenters. The van der Waals surface area contributed by atoms with Gasteiger partial charge < -0.3 is 19.5 Å². The molecule has 1 aromatic heterocycles. The Bertz CT molecular complexity index is 999. The fourth-order valence-corrected chi connectivity index (χ4v) is 3.95. The van der Waals surface area contributed by atoms with Gasteiger partial charge in [0.15, 0.2) is 11.5 Å². The lowest BCUT2D eigenvalue weighted by molar-refractivity contribution is -0.115. The summed E-state index contributed by atoms with van der Waals surface area (Å²) in [7, 11) is 1.64.